The van der Waals surface area contributed by atoms with E-state index < -0.39 is 6.09 Å². The topological polar surface area (TPSA) is 166 Å². The molecule has 0 aliphatic rings. The molecule has 0 bridgehead atoms. The number of nitrogens with one attached hydrogen (secondary N) is 1. The Morgan fingerprint density at radius 1 is 0.436 bits per heavy atom. The van der Waals surface area contributed by atoms with E-state index in [0.29, 0.717) is 158 Å². The summed E-state index contributed by atoms with van der Waals surface area (Å²) in [6.45, 7) is 13.2. The summed E-state index contributed by atoms with van der Waals surface area (Å²) in [4.78, 5) is 23.2. The highest BCUT2D eigenvalue weighted by Crippen LogP contribution is 2.03. The number of ether oxygens (including phenoxy) is 13. The van der Waals surface area contributed by atoms with E-state index in [0.717, 1.165) is 31.2 Å². The maximum atomic E-state index is 11.7. The fourth-order valence-electron chi connectivity index (χ4n) is 4.28. The largest absolute Gasteiger partial charge is 0.463 e. The molecule has 1 rings (SSSR count). The number of alkyl carbamates (subject to hydrolysis) is 1. The van der Waals surface area contributed by atoms with Crippen molar-refractivity contribution in [3.63, 3.8) is 0 Å². The fourth-order valence-corrected chi connectivity index (χ4v) is 4.28. The molecule has 0 atom stereocenters. The van der Waals surface area contributed by atoms with Gasteiger partial charge in [-0.15, -0.1) is 0 Å². The number of carbonyl (C=O) groups excluding carboxylic acids is 2. The van der Waals surface area contributed by atoms with Crippen LogP contribution >= 0.6 is 0 Å². The van der Waals surface area contributed by atoms with E-state index in [1.807, 2.05) is 30.3 Å². The second kappa shape index (κ2) is 42.7. The molecule has 1 N–H and O–H groups in total. The summed E-state index contributed by atoms with van der Waals surface area (Å²) < 4.78 is 70.4. The number of rotatable bonds is 43. The molecule has 0 aliphatic heterocycles. The first-order valence-corrected chi connectivity index (χ1v) is 19.7. The SMILES string of the molecule is CCCCCCC(=O)OCCOCCOCCOCCOCCOCCOCCOCCOCCOCCOCCOCCNC(=O)OCc1ccccc1. The smallest absolute Gasteiger partial charge is 0.407 e. The minimum absolute atomic E-state index is 0.157. The molecule has 0 spiro atoms. The van der Waals surface area contributed by atoms with Crippen LogP contribution in [0.25, 0.3) is 0 Å². The Bertz CT molecular complexity index is 947. The summed E-state index contributed by atoms with van der Waals surface area (Å²) in [5, 5.41) is 2.64. The van der Waals surface area contributed by atoms with Gasteiger partial charge in [-0.1, -0.05) is 56.5 Å². The molecule has 1 aromatic carbocycles. The number of benzene rings is 1. The minimum Gasteiger partial charge on any atom is -0.463 e. The number of esters is 1. The van der Waals surface area contributed by atoms with Crippen molar-refractivity contribution in [3.8, 4) is 0 Å². The molecule has 16 nitrogen and oxygen atoms in total. The van der Waals surface area contributed by atoms with Crippen molar-refractivity contribution in [1.29, 1.82) is 0 Å². The monoisotopic (exact) mass is 791 g/mol. The van der Waals surface area contributed by atoms with E-state index in [1.165, 1.54) is 0 Å². The lowest BCUT2D eigenvalue weighted by Gasteiger charge is -2.09. The van der Waals surface area contributed by atoms with Crippen molar-refractivity contribution < 1.29 is 71.2 Å². The summed E-state index contributed by atoms with van der Waals surface area (Å²) in [5.41, 5.74) is 0.935. The lowest BCUT2D eigenvalue weighted by Crippen LogP contribution is -2.28. The second-order valence-corrected chi connectivity index (χ2v) is 11.8. The Morgan fingerprint density at radius 3 is 1.18 bits per heavy atom. The van der Waals surface area contributed by atoms with Gasteiger partial charge < -0.3 is 66.9 Å². The summed E-state index contributed by atoms with van der Waals surface area (Å²) >= 11 is 0. The predicted octanol–water partition coefficient (Wildman–Crippen LogP) is 3.61. The summed E-state index contributed by atoms with van der Waals surface area (Å²) in [6, 6.07) is 9.50. The molecule has 320 valence electrons. The normalized spacial score (nSPS) is 11.2. The van der Waals surface area contributed by atoms with Gasteiger partial charge in [-0.2, -0.15) is 0 Å². The van der Waals surface area contributed by atoms with Gasteiger partial charge in [0.1, 0.15) is 13.2 Å². The molecule has 16 heteroatoms. The van der Waals surface area contributed by atoms with E-state index in [-0.39, 0.29) is 19.2 Å². The van der Waals surface area contributed by atoms with Crippen LogP contribution in [0.15, 0.2) is 30.3 Å². The third-order valence-corrected chi connectivity index (χ3v) is 7.17. The van der Waals surface area contributed by atoms with Crippen LogP contribution in [0.3, 0.4) is 0 Å². The molecule has 55 heavy (non-hydrogen) atoms. The van der Waals surface area contributed by atoms with Gasteiger partial charge in [-0.3, -0.25) is 4.79 Å². The van der Waals surface area contributed by atoms with Crippen LogP contribution in [0.2, 0.25) is 0 Å². The van der Waals surface area contributed by atoms with Crippen LogP contribution < -0.4 is 5.32 Å². The standard InChI is InChI=1S/C39H69NO15/c1-2-3-4-8-11-38(41)54-35-34-53-33-32-52-31-30-51-29-28-50-27-26-49-25-24-48-23-22-47-21-20-46-19-18-45-17-16-44-15-14-43-13-12-40-39(42)55-36-37-9-6-5-7-10-37/h5-7,9-10H,2-4,8,11-36H2,1H3,(H,40,42). The summed E-state index contributed by atoms with van der Waals surface area (Å²) in [5.74, 6) is -0.157. The molecule has 0 saturated carbocycles. The molecule has 0 aliphatic carbocycles. The molecule has 1 amide bonds. The zero-order valence-corrected chi connectivity index (χ0v) is 33.2. The molecule has 0 heterocycles. The van der Waals surface area contributed by atoms with Crippen LogP contribution in [0.5, 0.6) is 0 Å². The Balaban J connectivity index is 1.63. The van der Waals surface area contributed by atoms with Gasteiger partial charge in [0.15, 0.2) is 0 Å². The van der Waals surface area contributed by atoms with Crippen LogP contribution in [-0.4, -0.2) is 171 Å². The average molecular weight is 792 g/mol. The number of unbranched alkanes of at least 4 members (excludes halogenated alkanes) is 3. The molecule has 0 radical (unpaired) electrons. The molecule has 0 aromatic heterocycles. The van der Waals surface area contributed by atoms with Gasteiger partial charge in [0.25, 0.3) is 0 Å². The van der Waals surface area contributed by atoms with E-state index in [4.69, 9.17) is 61.6 Å². The maximum absolute atomic E-state index is 11.7. The van der Waals surface area contributed by atoms with Crippen molar-refractivity contribution >= 4 is 12.1 Å². The molecule has 0 unspecified atom stereocenters. The molecule has 1 aromatic rings. The first kappa shape index (κ1) is 50.5. The van der Waals surface area contributed by atoms with Gasteiger partial charge >= 0.3 is 12.1 Å². The molecule has 0 saturated heterocycles. The van der Waals surface area contributed by atoms with Gasteiger partial charge in [0, 0.05) is 13.0 Å². The average Bonchev–Trinajstić information content (AvgIpc) is 3.20. The lowest BCUT2D eigenvalue weighted by atomic mass is 10.2. The van der Waals surface area contributed by atoms with Gasteiger partial charge in [-0.25, -0.2) is 4.79 Å². The Hall–Kier alpha value is -2.48. The highest BCUT2D eigenvalue weighted by Gasteiger charge is 2.03. The number of hydrogen-bond donors (Lipinski definition) is 1. The predicted molar refractivity (Wildman–Crippen MR) is 203 cm³/mol. The van der Waals surface area contributed by atoms with E-state index in [1.54, 1.807) is 0 Å². The summed E-state index contributed by atoms with van der Waals surface area (Å²) in [6.07, 6.45) is 4.26. The van der Waals surface area contributed by atoms with Crippen LogP contribution in [0.1, 0.15) is 44.6 Å². The van der Waals surface area contributed by atoms with Crippen LogP contribution in [0.4, 0.5) is 4.79 Å². The van der Waals surface area contributed by atoms with Crippen LogP contribution in [0, 0.1) is 0 Å². The molecular formula is C39H69NO15. The summed E-state index contributed by atoms with van der Waals surface area (Å²) in [7, 11) is 0. The second-order valence-electron chi connectivity index (χ2n) is 11.8. The molecular weight excluding hydrogens is 722 g/mol. The quantitative estimate of drug-likeness (QED) is 0.0753. The zero-order valence-electron chi connectivity index (χ0n) is 33.2. The molecule has 0 fully saturated rings. The number of hydrogen-bond acceptors (Lipinski definition) is 15. The number of carbonyl (C=O) groups is 2. The highest BCUT2D eigenvalue weighted by molar-refractivity contribution is 5.69. The van der Waals surface area contributed by atoms with Crippen molar-refractivity contribution in [1.82, 2.24) is 5.32 Å². The highest BCUT2D eigenvalue weighted by atomic mass is 16.6. The van der Waals surface area contributed by atoms with Crippen LogP contribution in [-0.2, 0) is 73.0 Å². The van der Waals surface area contributed by atoms with E-state index in [2.05, 4.69) is 12.2 Å². The van der Waals surface area contributed by atoms with Crippen molar-refractivity contribution in [3.05, 3.63) is 35.9 Å². The van der Waals surface area contributed by atoms with Crippen molar-refractivity contribution in [2.45, 2.75) is 45.6 Å². The van der Waals surface area contributed by atoms with Gasteiger partial charge in [-0.05, 0) is 12.0 Å². The Morgan fingerprint density at radius 2 is 0.800 bits per heavy atom. The lowest BCUT2D eigenvalue weighted by molar-refractivity contribution is -0.145. The Kier molecular flexibility index (Phi) is 39.2. The van der Waals surface area contributed by atoms with Gasteiger partial charge in [0.05, 0.1) is 145 Å². The first-order chi connectivity index (χ1) is 27.2. The number of amides is 1. The first-order valence-electron chi connectivity index (χ1n) is 19.7. The Labute approximate surface area is 328 Å². The van der Waals surface area contributed by atoms with Crippen molar-refractivity contribution in [2.24, 2.45) is 0 Å². The zero-order chi connectivity index (χ0) is 39.4. The fraction of sp³-hybridized carbons (Fsp3) is 0.795. The van der Waals surface area contributed by atoms with E-state index >= 15 is 0 Å². The van der Waals surface area contributed by atoms with Gasteiger partial charge in [0.2, 0.25) is 0 Å². The maximum Gasteiger partial charge on any atom is 0.407 e. The van der Waals surface area contributed by atoms with E-state index in [9.17, 15) is 9.59 Å². The van der Waals surface area contributed by atoms with Crippen molar-refractivity contribution in [2.75, 3.05) is 159 Å². The minimum atomic E-state index is -0.472. The third kappa shape index (κ3) is 39.5. The third-order valence-electron chi connectivity index (χ3n) is 7.17.